The molecule has 0 radical (unpaired) electrons. The molecule has 4 rings (SSSR count). The van der Waals surface area contributed by atoms with Crippen LogP contribution in [-0.2, 0) is 19.9 Å². The average molecular weight is 439 g/mol. The summed E-state index contributed by atoms with van der Waals surface area (Å²) in [5.41, 5.74) is 5.02. The third-order valence-corrected chi connectivity index (χ3v) is 6.44. The van der Waals surface area contributed by atoms with Gasteiger partial charge in [0, 0.05) is 17.0 Å². The van der Waals surface area contributed by atoms with E-state index in [1.807, 2.05) is 32.3 Å². The Morgan fingerprint density at radius 2 is 2.00 bits per heavy atom. The number of aromatic nitrogens is 1. The highest BCUT2D eigenvalue weighted by atomic mass is 32.2. The van der Waals surface area contributed by atoms with Crippen molar-refractivity contribution >= 4 is 51.0 Å². The molecule has 0 saturated heterocycles. The maximum absolute atomic E-state index is 12.0. The van der Waals surface area contributed by atoms with E-state index in [0.29, 0.717) is 5.69 Å². The number of amidine groups is 1. The van der Waals surface area contributed by atoms with Crippen LogP contribution in [0.4, 0.5) is 5.69 Å². The molecule has 1 aromatic heterocycles. The summed E-state index contributed by atoms with van der Waals surface area (Å²) < 4.78 is 6.41. The summed E-state index contributed by atoms with van der Waals surface area (Å²) in [5, 5.41) is 20.4. The number of benzene rings is 1. The second-order valence-corrected chi connectivity index (χ2v) is 9.12. The molecule has 1 N–H and O–H groups in total. The minimum absolute atomic E-state index is 0.00250. The minimum Gasteiger partial charge on any atom is -0.493 e. The highest BCUT2D eigenvalue weighted by molar-refractivity contribution is 8.18. The Bertz CT molecular complexity index is 1290. The van der Waals surface area contributed by atoms with Crippen LogP contribution in [-0.4, -0.2) is 33.8 Å². The summed E-state index contributed by atoms with van der Waals surface area (Å²) >= 11 is 0.930. The van der Waals surface area contributed by atoms with Crippen LogP contribution in [0.15, 0.2) is 38.3 Å². The number of hydrogen-bond acceptors (Lipinski definition) is 7. The molecule has 2 aromatic rings. The number of allylic oxidation sites excluding steroid dienone is 2. The van der Waals surface area contributed by atoms with E-state index in [-0.39, 0.29) is 16.0 Å². The Morgan fingerprint density at radius 1 is 1.29 bits per heavy atom. The van der Waals surface area contributed by atoms with E-state index >= 15 is 0 Å². The summed E-state index contributed by atoms with van der Waals surface area (Å²) in [6.07, 6.45) is 3.19. The molecule has 2 aliphatic rings. The zero-order valence-corrected chi connectivity index (χ0v) is 18.9. The number of aryl methyl sites for hydroxylation is 2. The van der Waals surface area contributed by atoms with Crippen molar-refractivity contribution < 1.29 is 19.4 Å². The molecule has 1 aromatic carbocycles. The number of azo groups is 1. The Balaban J connectivity index is 1.84. The third-order valence-electron chi connectivity index (χ3n) is 5.57. The van der Waals surface area contributed by atoms with Gasteiger partial charge < -0.3 is 14.4 Å². The number of carbonyl (C=O) groups excluding carboxylic acids is 2. The monoisotopic (exact) mass is 438 g/mol. The SMILES string of the molecule is COC(=O)/C=C1/SC(N=Nc2c(O)n3c4c(cc(C)c(C)c24)C(C)=CC3(C)C)=NC1=O. The Morgan fingerprint density at radius 3 is 2.68 bits per heavy atom. The lowest BCUT2D eigenvalue weighted by molar-refractivity contribution is -0.135. The van der Waals surface area contributed by atoms with Crippen LogP contribution in [0.2, 0.25) is 0 Å². The minimum atomic E-state index is -0.646. The first kappa shape index (κ1) is 21.0. The van der Waals surface area contributed by atoms with Gasteiger partial charge in [-0.25, -0.2) is 4.79 Å². The highest BCUT2D eigenvalue weighted by Crippen LogP contribution is 2.50. The summed E-state index contributed by atoms with van der Waals surface area (Å²) in [7, 11) is 1.23. The van der Waals surface area contributed by atoms with Gasteiger partial charge in [0.1, 0.15) is 0 Å². The second-order valence-electron chi connectivity index (χ2n) is 8.11. The number of methoxy groups -OCH3 is 1. The van der Waals surface area contributed by atoms with Crippen LogP contribution >= 0.6 is 11.8 Å². The molecule has 0 bridgehead atoms. The Hall–Kier alpha value is -3.20. The number of rotatable bonds is 2. The lowest BCUT2D eigenvalue weighted by Crippen LogP contribution is -2.26. The van der Waals surface area contributed by atoms with E-state index in [4.69, 9.17) is 0 Å². The van der Waals surface area contributed by atoms with Gasteiger partial charge in [-0.15, -0.1) is 10.2 Å². The molecule has 2 aliphatic heterocycles. The number of amides is 1. The zero-order valence-electron chi connectivity index (χ0n) is 18.1. The quantitative estimate of drug-likeness (QED) is 0.408. The first-order valence-electron chi connectivity index (χ1n) is 9.65. The van der Waals surface area contributed by atoms with Gasteiger partial charge in [-0.1, -0.05) is 6.08 Å². The number of hydrogen-bond donors (Lipinski definition) is 1. The summed E-state index contributed by atoms with van der Waals surface area (Å²) in [6.45, 7) is 10.1. The molecule has 0 spiro atoms. The van der Waals surface area contributed by atoms with Crippen molar-refractivity contribution in [2.45, 2.75) is 40.2 Å². The molecule has 9 heteroatoms. The second kappa shape index (κ2) is 7.19. The standard InChI is InChI=1S/C22H22N4O4S/c1-10-7-13-11(2)9-22(4,5)26-18(13)16(12(10)3)17(20(26)29)24-25-21-23-19(28)14(31-21)8-15(27)30-6/h7-9,29H,1-6H3/b14-8+,25-24?. The number of aromatic hydroxyl groups is 1. The molecular formula is C22H22N4O4S. The van der Waals surface area contributed by atoms with Gasteiger partial charge in [0.05, 0.1) is 23.1 Å². The van der Waals surface area contributed by atoms with Crippen LogP contribution in [0, 0.1) is 13.8 Å². The number of ether oxygens (including phenoxy) is 1. The fraction of sp³-hybridized carbons (Fsp3) is 0.318. The van der Waals surface area contributed by atoms with Crippen molar-refractivity contribution in [3.63, 3.8) is 0 Å². The van der Waals surface area contributed by atoms with Crippen molar-refractivity contribution in [1.29, 1.82) is 0 Å². The van der Waals surface area contributed by atoms with Crippen molar-refractivity contribution in [2.75, 3.05) is 7.11 Å². The number of thioether (sulfide) groups is 1. The summed E-state index contributed by atoms with van der Waals surface area (Å²) in [4.78, 5) is 27.4. The van der Waals surface area contributed by atoms with Gasteiger partial charge in [0.2, 0.25) is 11.0 Å². The van der Waals surface area contributed by atoms with E-state index in [1.54, 1.807) is 0 Å². The molecule has 0 fully saturated rings. The predicted molar refractivity (Wildman–Crippen MR) is 121 cm³/mol. The van der Waals surface area contributed by atoms with E-state index in [0.717, 1.165) is 51.0 Å². The Kier molecular flexibility index (Phi) is 4.88. The smallest absolute Gasteiger partial charge is 0.331 e. The van der Waals surface area contributed by atoms with Gasteiger partial charge >= 0.3 is 5.97 Å². The van der Waals surface area contributed by atoms with Crippen molar-refractivity contribution in [1.82, 2.24) is 4.57 Å². The van der Waals surface area contributed by atoms with E-state index < -0.39 is 17.4 Å². The van der Waals surface area contributed by atoms with E-state index in [9.17, 15) is 14.7 Å². The van der Waals surface area contributed by atoms with Crippen molar-refractivity contribution in [2.24, 2.45) is 15.2 Å². The maximum atomic E-state index is 12.0. The number of nitrogens with zero attached hydrogens (tertiary/aromatic N) is 4. The van der Waals surface area contributed by atoms with Crippen molar-refractivity contribution in [3.8, 4) is 5.88 Å². The maximum Gasteiger partial charge on any atom is 0.331 e. The molecule has 160 valence electrons. The molecular weight excluding hydrogens is 416 g/mol. The molecule has 0 unspecified atom stereocenters. The van der Waals surface area contributed by atoms with Crippen molar-refractivity contribution in [3.05, 3.63) is 39.8 Å². The normalized spacial score (nSPS) is 18.8. The lowest BCUT2D eigenvalue weighted by atomic mass is 9.89. The third kappa shape index (κ3) is 3.29. The zero-order chi connectivity index (χ0) is 22.7. The molecule has 8 nitrogen and oxygen atoms in total. The van der Waals surface area contributed by atoms with Gasteiger partial charge in [0.15, 0.2) is 5.69 Å². The summed E-state index contributed by atoms with van der Waals surface area (Å²) in [5.74, 6) is -1.22. The highest BCUT2D eigenvalue weighted by Gasteiger charge is 2.33. The molecule has 0 atom stereocenters. The first-order valence-corrected chi connectivity index (χ1v) is 10.5. The van der Waals surface area contributed by atoms with Gasteiger partial charge in [-0.2, -0.15) is 4.99 Å². The van der Waals surface area contributed by atoms with E-state index in [2.05, 4.69) is 39.0 Å². The number of carbonyl (C=O) groups is 2. The Labute approximate surface area is 183 Å². The molecule has 1 amide bonds. The van der Waals surface area contributed by atoms with Crippen LogP contribution < -0.4 is 0 Å². The number of aliphatic imine (C=N–C) groups is 1. The lowest BCUT2D eigenvalue weighted by Gasteiger charge is -2.31. The van der Waals surface area contributed by atoms with Gasteiger partial charge in [0.25, 0.3) is 5.91 Å². The van der Waals surface area contributed by atoms with Crippen LogP contribution in [0.1, 0.15) is 37.5 Å². The largest absolute Gasteiger partial charge is 0.493 e. The number of esters is 1. The molecule has 0 aliphatic carbocycles. The van der Waals surface area contributed by atoms with Gasteiger partial charge in [-0.05, 0) is 69.1 Å². The van der Waals surface area contributed by atoms with Crippen LogP contribution in [0.3, 0.4) is 0 Å². The molecule has 31 heavy (non-hydrogen) atoms. The molecule has 0 saturated carbocycles. The van der Waals surface area contributed by atoms with Gasteiger partial charge in [-0.3, -0.25) is 4.79 Å². The fourth-order valence-electron chi connectivity index (χ4n) is 4.08. The van der Waals surface area contributed by atoms with Crippen LogP contribution in [0.25, 0.3) is 16.5 Å². The fourth-order valence-corrected chi connectivity index (χ4v) is 4.77. The average Bonchev–Trinajstić information content (AvgIpc) is 3.19. The van der Waals surface area contributed by atoms with E-state index in [1.165, 1.54) is 7.11 Å². The summed E-state index contributed by atoms with van der Waals surface area (Å²) in [6, 6.07) is 2.12. The topological polar surface area (TPSA) is 106 Å². The van der Waals surface area contributed by atoms with Crippen LogP contribution in [0.5, 0.6) is 5.88 Å². The predicted octanol–water partition coefficient (Wildman–Crippen LogP) is 4.89. The first-order chi connectivity index (χ1) is 14.5. The molecule has 3 heterocycles.